The van der Waals surface area contributed by atoms with E-state index in [4.69, 9.17) is 11.2 Å². The van der Waals surface area contributed by atoms with Gasteiger partial charge in [0, 0.05) is 10.0 Å². The van der Waals surface area contributed by atoms with Crippen LogP contribution in [0.1, 0.15) is 24.9 Å². The third-order valence-electron chi connectivity index (χ3n) is 2.27. The Morgan fingerprint density at radius 1 is 1.56 bits per heavy atom. The van der Waals surface area contributed by atoms with E-state index in [2.05, 4.69) is 34.1 Å². The SMILES string of the molecule is C#CC(NCCC)c1ccc(Br)cc1OC. The summed E-state index contributed by atoms with van der Waals surface area (Å²) in [5.74, 6) is 3.55. The van der Waals surface area contributed by atoms with Gasteiger partial charge in [-0.15, -0.1) is 6.42 Å². The molecule has 0 amide bonds. The highest BCUT2D eigenvalue weighted by molar-refractivity contribution is 9.10. The normalized spacial score (nSPS) is 11.9. The van der Waals surface area contributed by atoms with E-state index in [0.29, 0.717) is 0 Å². The van der Waals surface area contributed by atoms with Crippen LogP contribution in [0.4, 0.5) is 0 Å². The number of benzene rings is 1. The maximum Gasteiger partial charge on any atom is 0.125 e. The van der Waals surface area contributed by atoms with Gasteiger partial charge in [0.25, 0.3) is 0 Å². The number of terminal acetylenes is 1. The van der Waals surface area contributed by atoms with Crippen LogP contribution in [0.15, 0.2) is 22.7 Å². The molecule has 1 N–H and O–H groups in total. The van der Waals surface area contributed by atoms with Gasteiger partial charge in [-0.1, -0.05) is 34.8 Å². The molecule has 0 saturated carbocycles. The Balaban J connectivity index is 2.96. The van der Waals surface area contributed by atoms with Gasteiger partial charge in [0.15, 0.2) is 0 Å². The van der Waals surface area contributed by atoms with Crippen molar-refractivity contribution in [2.24, 2.45) is 0 Å². The Hall–Kier alpha value is -0.980. The van der Waals surface area contributed by atoms with E-state index in [9.17, 15) is 0 Å². The first-order valence-corrected chi connectivity index (χ1v) is 6.05. The van der Waals surface area contributed by atoms with Crippen molar-refractivity contribution in [2.45, 2.75) is 19.4 Å². The highest BCUT2D eigenvalue weighted by Crippen LogP contribution is 2.28. The second-order valence-corrected chi connectivity index (χ2v) is 4.36. The van der Waals surface area contributed by atoms with Gasteiger partial charge < -0.3 is 4.74 Å². The first kappa shape index (κ1) is 13.1. The Bertz CT molecular complexity index is 384. The molecule has 1 aromatic carbocycles. The third-order valence-corrected chi connectivity index (χ3v) is 2.76. The summed E-state index contributed by atoms with van der Waals surface area (Å²) < 4.78 is 6.31. The fraction of sp³-hybridized carbons (Fsp3) is 0.385. The topological polar surface area (TPSA) is 21.3 Å². The molecule has 1 rings (SSSR count). The lowest BCUT2D eigenvalue weighted by atomic mass is 10.1. The Kier molecular flexibility index (Phi) is 5.37. The summed E-state index contributed by atoms with van der Waals surface area (Å²) in [6.45, 7) is 3.01. The lowest BCUT2D eigenvalue weighted by molar-refractivity contribution is 0.405. The molecule has 0 bridgehead atoms. The highest BCUT2D eigenvalue weighted by Gasteiger charge is 2.12. The van der Waals surface area contributed by atoms with Gasteiger partial charge in [-0.05, 0) is 25.1 Å². The van der Waals surface area contributed by atoms with Gasteiger partial charge in [-0.3, -0.25) is 5.32 Å². The van der Waals surface area contributed by atoms with E-state index in [0.717, 1.165) is 28.8 Å². The van der Waals surface area contributed by atoms with Crippen molar-refractivity contribution < 1.29 is 4.74 Å². The van der Waals surface area contributed by atoms with Crippen LogP contribution >= 0.6 is 15.9 Å². The molecule has 0 aliphatic rings. The zero-order valence-corrected chi connectivity index (χ0v) is 11.2. The van der Waals surface area contributed by atoms with Crippen LogP contribution in [0.2, 0.25) is 0 Å². The third kappa shape index (κ3) is 3.26. The quantitative estimate of drug-likeness (QED) is 0.838. The minimum Gasteiger partial charge on any atom is -0.496 e. The zero-order valence-electron chi connectivity index (χ0n) is 9.59. The molecule has 0 aliphatic carbocycles. The van der Waals surface area contributed by atoms with Crippen molar-refractivity contribution in [3.8, 4) is 18.1 Å². The average Bonchev–Trinajstić information content (AvgIpc) is 2.31. The number of halogens is 1. The van der Waals surface area contributed by atoms with E-state index in [1.165, 1.54) is 0 Å². The monoisotopic (exact) mass is 281 g/mol. The van der Waals surface area contributed by atoms with Crippen molar-refractivity contribution >= 4 is 15.9 Å². The van der Waals surface area contributed by atoms with E-state index >= 15 is 0 Å². The van der Waals surface area contributed by atoms with E-state index in [-0.39, 0.29) is 6.04 Å². The van der Waals surface area contributed by atoms with Gasteiger partial charge in [-0.25, -0.2) is 0 Å². The second kappa shape index (κ2) is 6.57. The fourth-order valence-corrected chi connectivity index (χ4v) is 1.81. The fourth-order valence-electron chi connectivity index (χ4n) is 1.47. The second-order valence-electron chi connectivity index (χ2n) is 3.44. The molecule has 1 unspecified atom stereocenters. The predicted octanol–water partition coefficient (Wildman–Crippen LogP) is 3.13. The summed E-state index contributed by atoms with van der Waals surface area (Å²) in [5, 5.41) is 3.30. The maximum absolute atomic E-state index is 5.53. The lowest BCUT2D eigenvalue weighted by Gasteiger charge is -2.16. The summed E-state index contributed by atoms with van der Waals surface area (Å²) in [4.78, 5) is 0. The minimum atomic E-state index is -0.0944. The minimum absolute atomic E-state index is 0.0944. The van der Waals surface area contributed by atoms with Crippen molar-refractivity contribution in [1.29, 1.82) is 0 Å². The standard InChI is InChI=1S/C13H16BrNO/c1-4-8-15-12(5-2)11-7-6-10(14)9-13(11)16-3/h2,6-7,9,12,15H,4,8H2,1,3H3. The molecule has 16 heavy (non-hydrogen) atoms. The van der Waals surface area contributed by atoms with Gasteiger partial charge in [0.2, 0.25) is 0 Å². The molecule has 1 atom stereocenters. The number of methoxy groups -OCH3 is 1. The first-order valence-electron chi connectivity index (χ1n) is 5.25. The van der Waals surface area contributed by atoms with Crippen LogP contribution in [0.3, 0.4) is 0 Å². The van der Waals surface area contributed by atoms with Gasteiger partial charge in [0.1, 0.15) is 5.75 Å². The van der Waals surface area contributed by atoms with Crippen LogP contribution in [0.5, 0.6) is 5.75 Å². The van der Waals surface area contributed by atoms with Crippen molar-refractivity contribution in [3.63, 3.8) is 0 Å². The lowest BCUT2D eigenvalue weighted by Crippen LogP contribution is -2.21. The van der Waals surface area contributed by atoms with Crippen LogP contribution in [-0.2, 0) is 0 Å². The molecule has 0 saturated heterocycles. The average molecular weight is 282 g/mol. The summed E-state index contributed by atoms with van der Waals surface area (Å²) in [6.07, 6.45) is 6.58. The highest BCUT2D eigenvalue weighted by atomic mass is 79.9. The summed E-state index contributed by atoms with van der Waals surface area (Å²) in [7, 11) is 1.65. The first-order chi connectivity index (χ1) is 7.72. The molecule has 0 radical (unpaired) electrons. The maximum atomic E-state index is 5.53. The molecule has 2 nitrogen and oxygen atoms in total. The van der Waals surface area contributed by atoms with Gasteiger partial charge in [-0.2, -0.15) is 0 Å². The molecule has 0 spiro atoms. The van der Waals surface area contributed by atoms with Crippen molar-refractivity contribution in [2.75, 3.05) is 13.7 Å². The molecule has 0 aromatic heterocycles. The summed E-state index contributed by atoms with van der Waals surface area (Å²) in [6, 6.07) is 5.78. The Morgan fingerprint density at radius 3 is 2.88 bits per heavy atom. The van der Waals surface area contributed by atoms with Gasteiger partial charge in [0.05, 0.1) is 13.2 Å². The largest absolute Gasteiger partial charge is 0.496 e. The molecule has 0 aliphatic heterocycles. The van der Waals surface area contributed by atoms with Crippen molar-refractivity contribution in [1.82, 2.24) is 5.32 Å². The Labute approximate surface area is 106 Å². The molecule has 1 aromatic rings. The number of hydrogen-bond acceptors (Lipinski definition) is 2. The molecular formula is C13H16BrNO. The number of rotatable bonds is 5. The number of hydrogen-bond donors (Lipinski definition) is 1. The molecule has 3 heteroatoms. The van der Waals surface area contributed by atoms with Crippen LogP contribution in [0.25, 0.3) is 0 Å². The van der Waals surface area contributed by atoms with E-state index < -0.39 is 0 Å². The van der Waals surface area contributed by atoms with E-state index in [1.807, 2.05) is 18.2 Å². The summed E-state index contributed by atoms with van der Waals surface area (Å²) in [5.41, 5.74) is 1.00. The smallest absolute Gasteiger partial charge is 0.125 e. The summed E-state index contributed by atoms with van der Waals surface area (Å²) >= 11 is 3.41. The van der Waals surface area contributed by atoms with E-state index in [1.54, 1.807) is 7.11 Å². The van der Waals surface area contributed by atoms with Crippen LogP contribution < -0.4 is 10.1 Å². The predicted molar refractivity (Wildman–Crippen MR) is 70.6 cm³/mol. The zero-order chi connectivity index (χ0) is 12.0. The number of nitrogens with one attached hydrogen (secondary N) is 1. The van der Waals surface area contributed by atoms with Crippen molar-refractivity contribution in [3.05, 3.63) is 28.2 Å². The molecule has 86 valence electrons. The van der Waals surface area contributed by atoms with Crippen LogP contribution in [0, 0.1) is 12.3 Å². The van der Waals surface area contributed by atoms with Gasteiger partial charge >= 0.3 is 0 Å². The number of ether oxygens (including phenoxy) is 1. The molecular weight excluding hydrogens is 266 g/mol. The molecule has 0 fully saturated rings. The Morgan fingerprint density at radius 2 is 2.31 bits per heavy atom. The van der Waals surface area contributed by atoms with Crippen LogP contribution in [-0.4, -0.2) is 13.7 Å². The molecule has 0 heterocycles.